The van der Waals surface area contributed by atoms with Gasteiger partial charge in [-0.05, 0) is 35.6 Å². The number of anilines is 2. The molecule has 0 N–H and O–H groups in total. The van der Waals surface area contributed by atoms with Gasteiger partial charge in [0.05, 0.1) is 11.9 Å². The van der Waals surface area contributed by atoms with E-state index in [1.807, 2.05) is 62.4 Å². The maximum atomic E-state index is 12.8. The predicted octanol–water partition coefficient (Wildman–Crippen LogP) is 3.56. The largest absolute Gasteiger partial charge is 0.312 e. The summed E-state index contributed by atoms with van der Waals surface area (Å²) in [5.41, 5.74) is 3.72. The van der Waals surface area contributed by atoms with Crippen LogP contribution < -0.4 is 9.21 Å². The molecular weight excluding hydrogens is 360 g/mol. The molecule has 0 saturated carbocycles. The van der Waals surface area contributed by atoms with Gasteiger partial charge in [-0.3, -0.25) is 9.10 Å². The van der Waals surface area contributed by atoms with Crippen molar-refractivity contribution in [2.45, 2.75) is 32.6 Å². The fourth-order valence-electron chi connectivity index (χ4n) is 3.60. The maximum absolute atomic E-state index is 12.8. The van der Waals surface area contributed by atoms with E-state index in [-0.39, 0.29) is 24.8 Å². The monoisotopic (exact) mass is 386 g/mol. The van der Waals surface area contributed by atoms with E-state index in [9.17, 15) is 13.2 Å². The second-order valence-electron chi connectivity index (χ2n) is 7.22. The Morgan fingerprint density at radius 1 is 1.11 bits per heavy atom. The van der Waals surface area contributed by atoms with E-state index < -0.39 is 10.0 Å². The second-order valence-corrected chi connectivity index (χ2v) is 9.13. The van der Waals surface area contributed by atoms with Gasteiger partial charge in [0.2, 0.25) is 15.9 Å². The van der Waals surface area contributed by atoms with Crippen LogP contribution in [0.15, 0.2) is 48.5 Å². The number of nitrogens with zero attached hydrogens (tertiary/aromatic N) is 2. The molecule has 27 heavy (non-hydrogen) atoms. The van der Waals surface area contributed by atoms with Gasteiger partial charge in [-0.2, -0.15) is 0 Å². The molecule has 0 bridgehead atoms. The molecule has 0 aliphatic carbocycles. The lowest BCUT2D eigenvalue weighted by Crippen LogP contribution is -2.36. The number of rotatable bonds is 6. The lowest BCUT2D eigenvalue weighted by Gasteiger charge is -2.27. The fourth-order valence-corrected chi connectivity index (χ4v) is 4.54. The number of fused-ring (bicyclic) bond motifs is 1. The highest BCUT2D eigenvalue weighted by Crippen LogP contribution is 2.30. The minimum Gasteiger partial charge on any atom is -0.312 e. The van der Waals surface area contributed by atoms with Gasteiger partial charge in [-0.25, -0.2) is 8.42 Å². The van der Waals surface area contributed by atoms with Crippen molar-refractivity contribution in [2.75, 3.05) is 28.6 Å². The molecule has 1 heterocycles. The lowest BCUT2D eigenvalue weighted by atomic mass is 10.0. The summed E-state index contributed by atoms with van der Waals surface area (Å²) in [6, 6.07) is 15.4. The van der Waals surface area contributed by atoms with Gasteiger partial charge in [-0.15, -0.1) is 0 Å². The molecule has 6 heteroatoms. The van der Waals surface area contributed by atoms with Crippen LogP contribution in [0.5, 0.6) is 0 Å². The minimum atomic E-state index is -3.49. The van der Waals surface area contributed by atoms with Gasteiger partial charge < -0.3 is 4.90 Å². The minimum absolute atomic E-state index is 0.0457. The Bertz CT molecular complexity index is 938. The third-order valence-corrected chi connectivity index (χ3v) is 6.12. The Hall–Kier alpha value is -2.34. The van der Waals surface area contributed by atoms with Crippen molar-refractivity contribution in [3.05, 3.63) is 59.7 Å². The molecule has 144 valence electrons. The number of amides is 1. The Morgan fingerprint density at radius 2 is 1.78 bits per heavy atom. The van der Waals surface area contributed by atoms with Crippen molar-refractivity contribution >= 4 is 27.3 Å². The highest BCUT2D eigenvalue weighted by molar-refractivity contribution is 7.92. The SMILES string of the molecule is CC(C)c1ccccc1N(CCC(=O)N1CCc2ccccc21)S(C)(=O)=O. The number of hydrogen-bond donors (Lipinski definition) is 0. The van der Waals surface area contributed by atoms with Gasteiger partial charge in [0.1, 0.15) is 0 Å². The zero-order chi connectivity index (χ0) is 19.6. The molecule has 0 saturated heterocycles. The van der Waals surface area contributed by atoms with E-state index in [0.717, 1.165) is 23.2 Å². The molecule has 0 unspecified atom stereocenters. The van der Waals surface area contributed by atoms with Crippen molar-refractivity contribution in [3.8, 4) is 0 Å². The van der Waals surface area contributed by atoms with E-state index in [2.05, 4.69) is 0 Å². The van der Waals surface area contributed by atoms with Crippen LogP contribution >= 0.6 is 0 Å². The van der Waals surface area contributed by atoms with Crippen LogP contribution in [-0.4, -0.2) is 33.7 Å². The predicted molar refractivity (Wildman–Crippen MR) is 110 cm³/mol. The van der Waals surface area contributed by atoms with E-state index in [1.165, 1.54) is 10.6 Å². The molecule has 2 aromatic carbocycles. The van der Waals surface area contributed by atoms with Crippen molar-refractivity contribution < 1.29 is 13.2 Å². The summed E-state index contributed by atoms with van der Waals surface area (Å²) in [5, 5.41) is 0. The number of hydrogen-bond acceptors (Lipinski definition) is 3. The van der Waals surface area contributed by atoms with E-state index in [0.29, 0.717) is 12.2 Å². The van der Waals surface area contributed by atoms with Gasteiger partial charge in [0, 0.05) is 25.2 Å². The second kappa shape index (κ2) is 7.72. The smallest absolute Gasteiger partial charge is 0.232 e. The van der Waals surface area contributed by atoms with Crippen LogP contribution in [0.25, 0.3) is 0 Å². The molecule has 2 aromatic rings. The summed E-state index contributed by atoms with van der Waals surface area (Å²) < 4.78 is 26.2. The molecule has 0 aromatic heterocycles. The molecule has 1 amide bonds. The summed E-state index contributed by atoms with van der Waals surface area (Å²) in [7, 11) is -3.49. The average molecular weight is 387 g/mol. The van der Waals surface area contributed by atoms with Crippen LogP contribution in [0, 0.1) is 0 Å². The average Bonchev–Trinajstić information content (AvgIpc) is 3.05. The number of carbonyl (C=O) groups excluding carboxylic acids is 1. The van der Waals surface area contributed by atoms with E-state index in [4.69, 9.17) is 0 Å². The fraction of sp³-hybridized carbons (Fsp3) is 0.381. The number of benzene rings is 2. The van der Waals surface area contributed by atoms with Gasteiger partial charge in [0.15, 0.2) is 0 Å². The zero-order valence-corrected chi connectivity index (χ0v) is 16.9. The van der Waals surface area contributed by atoms with Crippen LogP contribution in [0.1, 0.15) is 37.3 Å². The first-order valence-corrected chi connectivity index (χ1v) is 11.1. The van der Waals surface area contributed by atoms with Crippen molar-refractivity contribution in [2.24, 2.45) is 0 Å². The zero-order valence-electron chi connectivity index (χ0n) is 16.1. The van der Waals surface area contributed by atoms with Gasteiger partial charge in [-0.1, -0.05) is 50.2 Å². The third-order valence-electron chi connectivity index (χ3n) is 4.94. The molecular formula is C21H26N2O3S. The summed E-state index contributed by atoms with van der Waals surface area (Å²) in [4.78, 5) is 14.6. The summed E-state index contributed by atoms with van der Waals surface area (Å²) in [5.74, 6) is 0.141. The summed E-state index contributed by atoms with van der Waals surface area (Å²) in [6.45, 7) is 4.86. The Labute approximate surface area is 161 Å². The Morgan fingerprint density at radius 3 is 2.48 bits per heavy atom. The molecule has 1 aliphatic heterocycles. The first-order valence-electron chi connectivity index (χ1n) is 9.24. The summed E-state index contributed by atoms with van der Waals surface area (Å²) in [6.07, 6.45) is 2.18. The van der Waals surface area contributed by atoms with E-state index in [1.54, 1.807) is 4.90 Å². The molecule has 5 nitrogen and oxygen atoms in total. The van der Waals surface area contributed by atoms with Crippen molar-refractivity contribution in [3.63, 3.8) is 0 Å². The first kappa shape index (κ1) is 19.4. The molecule has 1 aliphatic rings. The third kappa shape index (κ3) is 4.16. The number of carbonyl (C=O) groups is 1. The van der Waals surface area contributed by atoms with Gasteiger partial charge in [0.25, 0.3) is 0 Å². The molecule has 0 fully saturated rings. The number of para-hydroxylation sites is 2. The number of sulfonamides is 1. The van der Waals surface area contributed by atoms with Crippen molar-refractivity contribution in [1.29, 1.82) is 0 Å². The quantitative estimate of drug-likeness (QED) is 0.763. The van der Waals surface area contributed by atoms with Crippen LogP contribution in [0.2, 0.25) is 0 Å². The Kier molecular flexibility index (Phi) is 5.56. The van der Waals surface area contributed by atoms with Crippen LogP contribution in [0.4, 0.5) is 11.4 Å². The topological polar surface area (TPSA) is 57.7 Å². The van der Waals surface area contributed by atoms with Crippen LogP contribution in [-0.2, 0) is 21.2 Å². The molecule has 0 atom stereocenters. The standard InChI is InChI=1S/C21H26N2O3S/c1-16(2)18-9-5-7-11-20(18)23(27(3,25)26)15-13-21(24)22-14-12-17-8-4-6-10-19(17)22/h4-11,16H,12-15H2,1-3H3. The highest BCUT2D eigenvalue weighted by Gasteiger charge is 2.27. The van der Waals surface area contributed by atoms with Crippen molar-refractivity contribution in [1.82, 2.24) is 0 Å². The Balaban J connectivity index is 1.81. The maximum Gasteiger partial charge on any atom is 0.232 e. The van der Waals surface area contributed by atoms with E-state index >= 15 is 0 Å². The lowest BCUT2D eigenvalue weighted by molar-refractivity contribution is -0.118. The van der Waals surface area contributed by atoms with Gasteiger partial charge >= 0.3 is 0 Å². The normalized spacial score (nSPS) is 13.7. The summed E-state index contributed by atoms with van der Waals surface area (Å²) >= 11 is 0. The first-order chi connectivity index (χ1) is 12.8. The highest BCUT2D eigenvalue weighted by atomic mass is 32.2. The van der Waals surface area contributed by atoms with Crippen LogP contribution in [0.3, 0.4) is 0 Å². The molecule has 3 rings (SSSR count). The molecule has 0 spiro atoms. The molecule has 0 radical (unpaired) electrons.